The van der Waals surface area contributed by atoms with Crippen LogP contribution in [0.5, 0.6) is 0 Å². The van der Waals surface area contributed by atoms with E-state index in [2.05, 4.69) is 15.5 Å². The summed E-state index contributed by atoms with van der Waals surface area (Å²) >= 11 is 0. The minimum atomic E-state index is -3.29. The first-order valence-electron chi connectivity index (χ1n) is 5.90. The molecule has 6 nitrogen and oxygen atoms in total. The third-order valence-corrected chi connectivity index (χ3v) is 4.83. The summed E-state index contributed by atoms with van der Waals surface area (Å²) in [6.07, 6.45) is 1.75. The van der Waals surface area contributed by atoms with Crippen molar-refractivity contribution in [1.82, 2.24) is 15.5 Å². The second-order valence-corrected chi connectivity index (χ2v) is 7.71. The molecule has 0 amide bonds. The predicted octanol–water partition coefficient (Wildman–Crippen LogP) is 0.890. The van der Waals surface area contributed by atoms with Gasteiger partial charge < -0.3 is 9.73 Å². The highest BCUT2D eigenvalue weighted by Gasteiger charge is 2.37. The Kier molecular flexibility index (Phi) is 4.50. The van der Waals surface area contributed by atoms with Gasteiger partial charge >= 0.3 is 0 Å². The van der Waals surface area contributed by atoms with Gasteiger partial charge in [0.1, 0.15) is 4.75 Å². The zero-order chi connectivity index (χ0) is 14.0. The molecule has 1 aromatic rings. The molecular formula is C11H21N3O3S. The lowest BCUT2D eigenvalue weighted by atomic mass is 10.2. The Morgan fingerprint density at radius 2 is 1.94 bits per heavy atom. The highest BCUT2D eigenvalue weighted by atomic mass is 32.2. The molecule has 0 aliphatic rings. The minimum Gasteiger partial charge on any atom is -0.424 e. The minimum absolute atomic E-state index is 0.143. The van der Waals surface area contributed by atoms with E-state index in [1.54, 1.807) is 13.8 Å². The van der Waals surface area contributed by atoms with Crippen LogP contribution >= 0.6 is 0 Å². The predicted molar refractivity (Wildman–Crippen MR) is 69.0 cm³/mol. The molecule has 0 saturated carbocycles. The second kappa shape index (κ2) is 5.36. The zero-order valence-corrected chi connectivity index (χ0v) is 12.3. The lowest BCUT2D eigenvalue weighted by Crippen LogP contribution is -2.28. The van der Waals surface area contributed by atoms with Gasteiger partial charge in [0.15, 0.2) is 9.84 Å². The Morgan fingerprint density at radius 3 is 2.44 bits per heavy atom. The van der Waals surface area contributed by atoms with E-state index in [4.69, 9.17) is 4.42 Å². The summed E-state index contributed by atoms with van der Waals surface area (Å²) in [7, 11) is -3.29. The molecule has 1 aromatic heterocycles. The number of hydrogen-bond donors (Lipinski definition) is 1. The van der Waals surface area contributed by atoms with Crippen molar-refractivity contribution in [3.8, 4) is 0 Å². The number of aromatic nitrogens is 2. The zero-order valence-electron chi connectivity index (χ0n) is 11.5. The molecule has 1 rings (SSSR count). The smallest absolute Gasteiger partial charge is 0.237 e. The lowest BCUT2D eigenvalue weighted by molar-refractivity contribution is 0.401. The van der Waals surface area contributed by atoms with Gasteiger partial charge in [-0.05, 0) is 13.8 Å². The van der Waals surface area contributed by atoms with Gasteiger partial charge in [-0.1, -0.05) is 13.8 Å². The van der Waals surface area contributed by atoms with Gasteiger partial charge in [0.25, 0.3) is 0 Å². The van der Waals surface area contributed by atoms with E-state index in [0.29, 0.717) is 18.4 Å². The van der Waals surface area contributed by atoms with Crippen LogP contribution in [0.15, 0.2) is 4.42 Å². The molecule has 0 aliphatic carbocycles. The molecule has 104 valence electrons. The standard InChI is InChI=1S/C11H21N3O3S/c1-8(2)12-7-6-9-13-14-10(17-9)11(3,4)18(5,15)16/h8,12H,6-7H2,1-5H3. The van der Waals surface area contributed by atoms with E-state index >= 15 is 0 Å². The molecule has 0 aliphatic heterocycles. The van der Waals surface area contributed by atoms with Crippen LogP contribution in [0.3, 0.4) is 0 Å². The molecule has 0 radical (unpaired) electrons. The SMILES string of the molecule is CC(C)NCCc1nnc(C(C)(C)S(C)(=O)=O)o1. The van der Waals surface area contributed by atoms with Crippen molar-refractivity contribution in [2.45, 2.75) is 44.9 Å². The molecule has 0 bridgehead atoms. The maximum atomic E-state index is 11.6. The number of nitrogens with one attached hydrogen (secondary N) is 1. The van der Waals surface area contributed by atoms with Crippen LogP contribution in [0.25, 0.3) is 0 Å². The first kappa shape index (κ1) is 15.1. The van der Waals surface area contributed by atoms with E-state index in [1.807, 2.05) is 13.8 Å². The summed E-state index contributed by atoms with van der Waals surface area (Å²) in [4.78, 5) is 0. The van der Waals surface area contributed by atoms with E-state index in [1.165, 1.54) is 0 Å². The fourth-order valence-electron chi connectivity index (χ4n) is 1.22. The lowest BCUT2D eigenvalue weighted by Gasteiger charge is -2.16. The Bertz CT molecular complexity index is 491. The quantitative estimate of drug-likeness (QED) is 0.830. The van der Waals surface area contributed by atoms with Crippen LogP contribution in [0, 0.1) is 0 Å². The van der Waals surface area contributed by atoms with Crippen molar-refractivity contribution in [1.29, 1.82) is 0 Å². The number of rotatable bonds is 6. The van der Waals surface area contributed by atoms with Crippen molar-refractivity contribution in [2.24, 2.45) is 0 Å². The van der Waals surface area contributed by atoms with Gasteiger partial charge in [-0.3, -0.25) is 0 Å². The Morgan fingerprint density at radius 1 is 1.33 bits per heavy atom. The van der Waals surface area contributed by atoms with Crippen LogP contribution in [-0.2, 0) is 21.0 Å². The average Bonchev–Trinajstić information content (AvgIpc) is 2.64. The fraction of sp³-hybridized carbons (Fsp3) is 0.818. The topological polar surface area (TPSA) is 85.1 Å². The van der Waals surface area contributed by atoms with Crippen LogP contribution in [-0.4, -0.2) is 37.5 Å². The fourth-order valence-corrected chi connectivity index (χ4v) is 1.62. The molecular weight excluding hydrogens is 254 g/mol. The molecule has 1 N–H and O–H groups in total. The molecule has 7 heteroatoms. The van der Waals surface area contributed by atoms with Gasteiger partial charge in [-0.25, -0.2) is 8.42 Å². The van der Waals surface area contributed by atoms with Gasteiger partial charge in [0, 0.05) is 25.3 Å². The van der Waals surface area contributed by atoms with Crippen LogP contribution in [0.2, 0.25) is 0 Å². The summed E-state index contributed by atoms with van der Waals surface area (Å²) in [5.74, 6) is 0.597. The molecule has 18 heavy (non-hydrogen) atoms. The maximum absolute atomic E-state index is 11.6. The van der Waals surface area contributed by atoms with Gasteiger partial charge in [-0.15, -0.1) is 10.2 Å². The monoisotopic (exact) mass is 275 g/mol. The van der Waals surface area contributed by atoms with Crippen molar-refractivity contribution < 1.29 is 12.8 Å². The largest absolute Gasteiger partial charge is 0.424 e. The third kappa shape index (κ3) is 3.52. The van der Waals surface area contributed by atoms with Crippen LogP contribution in [0.4, 0.5) is 0 Å². The Labute approximate surface area is 108 Å². The third-order valence-electron chi connectivity index (χ3n) is 2.80. The van der Waals surface area contributed by atoms with E-state index in [9.17, 15) is 8.42 Å². The van der Waals surface area contributed by atoms with E-state index in [-0.39, 0.29) is 5.89 Å². The summed E-state index contributed by atoms with van der Waals surface area (Å²) in [5.41, 5.74) is 0. The van der Waals surface area contributed by atoms with E-state index < -0.39 is 14.6 Å². The number of hydrogen-bond acceptors (Lipinski definition) is 6. The summed E-state index contributed by atoms with van der Waals surface area (Å²) in [6.45, 7) is 7.94. The highest BCUT2D eigenvalue weighted by Crippen LogP contribution is 2.27. The summed E-state index contributed by atoms with van der Waals surface area (Å²) in [6, 6.07) is 0.389. The maximum Gasteiger partial charge on any atom is 0.237 e. The molecule has 0 aromatic carbocycles. The second-order valence-electron chi connectivity index (χ2n) is 5.14. The van der Waals surface area contributed by atoms with Crippen molar-refractivity contribution >= 4 is 9.84 Å². The molecule has 0 spiro atoms. The van der Waals surface area contributed by atoms with Gasteiger partial charge in [0.2, 0.25) is 11.8 Å². The van der Waals surface area contributed by atoms with Crippen molar-refractivity contribution in [3.05, 3.63) is 11.8 Å². The molecule has 0 unspecified atom stereocenters. The summed E-state index contributed by atoms with van der Waals surface area (Å²) in [5, 5.41) is 10.9. The molecule has 0 atom stereocenters. The normalized spacial score (nSPS) is 13.2. The van der Waals surface area contributed by atoms with Gasteiger partial charge in [-0.2, -0.15) is 0 Å². The van der Waals surface area contributed by atoms with Crippen molar-refractivity contribution in [3.63, 3.8) is 0 Å². The van der Waals surface area contributed by atoms with Crippen LogP contribution < -0.4 is 5.32 Å². The Balaban J connectivity index is 2.75. The Hall–Kier alpha value is -0.950. The van der Waals surface area contributed by atoms with Gasteiger partial charge in [0.05, 0.1) is 0 Å². The van der Waals surface area contributed by atoms with Crippen molar-refractivity contribution in [2.75, 3.05) is 12.8 Å². The number of nitrogens with zero attached hydrogens (tertiary/aromatic N) is 2. The summed E-state index contributed by atoms with van der Waals surface area (Å²) < 4.78 is 27.5. The van der Waals surface area contributed by atoms with E-state index in [0.717, 1.165) is 12.8 Å². The molecule has 0 saturated heterocycles. The first-order chi connectivity index (χ1) is 8.14. The van der Waals surface area contributed by atoms with Crippen LogP contribution in [0.1, 0.15) is 39.5 Å². The molecule has 1 heterocycles. The average molecular weight is 275 g/mol. The first-order valence-corrected chi connectivity index (χ1v) is 7.79. The molecule has 0 fully saturated rings. The highest BCUT2D eigenvalue weighted by molar-refractivity contribution is 7.91. The number of sulfone groups is 1.